The van der Waals surface area contributed by atoms with Gasteiger partial charge in [-0.05, 0) is 36.4 Å². The van der Waals surface area contributed by atoms with Gasteiger partial charge in [-0.2, -0.15) is 5.26 Å². The van der Waals surface area contributed by atoms with Gasteiger partial charge < -0.3 is 0 Å². The lowest BCUT2D eigenvalue weighted by Crippen LogP contribution is -1.92. The molecule has 0 aliphatic rings. The van der Waals surface area contributed by atoms with E-state index in [0.717, 1.165) is 4.90 Å². The zero-order valence-corrected chi connectivity index (χ0v) is 10.4. The summed E-state index contributed by atoms with van der Waals surface area (Å²) in [6.45, 7) is 0. The van der Waals surface area contributed by atoms with Gasteiger partial charge in [0.05, 0.1) is 4.92 Å². The van der Waals surface area contributed by atoms with Crippen molar-refractivity contribution < 1.29 is 9.31 Å². The van der Waals surface area contributed by atoms with Crippen LogP contribution in [0.25, 0.3) is 0 Å². The monoisotopic (exact) mass is 274 g/mol. The third-order valence-electron chi connectivity index (χ3n) is 2.33. The highest BCUT2D eigenvalue weighted by Gasteiger charge is 2.14. The van der Waals surface area contributed by atoms with Crippen molar-refractivity contribution in [3.05, 3.63) is 64.0 Å². The molecule has 0 saturated heterocycles. The van der Waals surface area contributed by atoms with E-state index < -0.39 is 4.92 Å². The SMILES string of the molecule is N#Cc1cc(Sc2ccc(F)cc2)ccc1[N+](=O)[O-]. The molecule has 94 valence electrons. The second-order valence-corrected chi connectivity index (χ2v) is 4.75. The topological polar surface area (TPSA) is 66.9 Å². The van der Waals surface area contributed by atoms with Crippen LogP contribution in [-0.4, -0.2) is 4.92 Å². The van der Waals surface area contributed by atoms with Crippen LogP contribution in [0.3, 0.4) is 0 Å². The summed E-state index contributed by atoms with van der Waals surface area (Å²) >= 11 is 1.31. The first kappa shape index (κ1) is 13.1. The maximum atomic E-state index is 12.8. The number of nitro groups is 1. The van der Waals surface area contributed by atoms with Gasteiger partial charge in [-0.15, -0.1) is 0 Å². The summed E-state index contributed by atoms with van der Waals surface area (Å²) in [5.74, 6) is -0.328. The Labute approximate surface area is 112 Å². The molecule has 19 heavy (non-hydrogen) atoms. The van der Waals surface area contributed by atoms with E-state index in [1.54, 1.807) is 24.3 Å². The Morgan fingerprint density at radius 3 is 2.37 bits per heavy atom. The third-order valence-corrected chi connectivity index (χ3v) is 3.33. The number of benzene rings is 2. The molecule has 0 unspecified atom stereocenters. The number of rotatable bonds is 3. The van der Waals surface area contributed by atoms with E-state index in [2.05, 4.69) is 0 Å². The fourth-order valence-electron chi connectivity index (χ4n) is 1.47. The maximum Gasteiger partial charge on any atom is 0.287 e. The second-order valence-electron chi connectivity index (χ2n) is 3.60. The highest BCUT2D eigenvalue weighted by Crippen LogP contribution is 2.31. The van der Waals surface area contributed by atoms with E-state index in [-0.39, 0.29) is 17.1 Å². The van der Waals surface area contributed by atoms with E-state index in [4.69, 9.17) is 5.26 Å². The normalized spacial score (nSPS) is 9.89. The van der Waals surface area contributed by atoms with Gasteiger partial charge in [0.2, 0.25) is 0 Å². The zero-order chi connectivity index (χ0) is 13.8. The van der Waals surface area contributed by atoms with E-state index in [9.17, 15) is 14.5 Å². The quantitative estimate of drug-likeness (QED) is 0.631. The molecule has 2 aromatic carbocycles. The number of halogens is 1. The molecule has 0 heterocycles. The minimum Gasteiger partial charge on any atom is -0.258 e. The highest BCUT2D eigenvalue weighted by atomic mass is 32.2. The number of nitriles is 1. The van der Waals surface area contributed by atoms with Crippen LogP contribution in [0.1, 0.15) is 5.56 Å². The summed E-state index contributed by atoms with van der Waals surface area (Å²) in [5.41, 5.74) is -0.205. The number of nitrogens with zero attached hydrogens (tertiary/aromatic N) is 2. The van der Waals surface area contributed by atoms with Crippen LogP contribution in [0.2, 0.25) is 0 Å². The molecule has 0 bridgehead atoms. The van der Waals surface area contributed by atoms with Gasteiger partial charge in [-0.3, -0.25) is 10.1 Å². The molecule has 0 atom stereocenters. The molecule has 2 rings (SSSR count). The van der Waals surface area contributed by atoms with Gasteiger partial charge in [-0.25, -0.2) is 4.39 Å². The lowest BCUT2D eigenvalue weighted by atomic mass is 10.2. The van der Waals surface area contributed by atoms with Crippen molar-refractivity contribution in [1.82, 2.24) is 0 Å². The minimum absolute atomic E-state index is 0.0112. The summed E-state index contributed by atoms with van der Waals surface area (Å²) in [6.07, 6.45) is 0. The van der Waals surface area contributed by atoms with Gasteiger partial charge in [0.25, 0.3) is 5.69 Å². The molecule has 6 heteroatoms. The lowest BCUT2D eigenvalue weighted by molar-refractivity contribution is -0.385. The Kier molecular flexibility index (Phi) is 3.78. The van der Waals surface area contributed by atoms with E-state index in [1.165, 1.54) is 36.0 Å². The number of hydrogen-bond acceptors (Lipinski definition) is 4. The van der Waals surface area contributed by atoms with Gasteiger partial charge in [0.1, 0.15) is 17.4 Å². The first-order valence-corrected chi connectivity index (χ1v) is 6.04. The van der Waals surface area contributed by atoms with Crippen LogP contribution in [0.15, 0.2) is 52.3 Å². The van der Waals surface area contributed by atoms with Crippen molar-refractivity contribution in [2.24, 2.45) is 0 Å². The largest absolute Gasteiger partial charge is 0.287 e. The van der Waals surface area contributed by atoms with E-state index in [0.29, 0.717) is 4.90 Å². The molecule has 0 amide bonds. The molecular weight excluding hydrogens is 267 g/mol. The zero-order valence-electron chi connectivity index (χ0n) is 9.54. The minimum atomic E-state index is -0.592. The Morgan fingerprint density at radius 1 is 1.16 bits per heavy atom. The van der Waals surface area contributed by atoms with Crippen molar-refractivity contribution >= 4 is 17.4 Å². The van der Waals surface area contributed by atoms with Gasteiger partial charge >= 0.3 is 0 Å². The molecule has 2 aromatic rings. The first-order valence-electron chi connectivity index (χ1n) is 5.22. The van der Waals surface area contributed by atoms with E-state index in [1.807, 2.05) is 0 Å². The Morgan fingerprint density at radius 2 is 1.79 bits per heavy atom. The fraction of sp³-hybridized carbons (Fsp3) is 0. The Bertz CT molecular complexity index is 665. The van der Waals surface area contributed by atoms with Crippen LogP contribution >= 0.6 is 11.8 Å². The van der Waals surface area contributed by atoms with Crippen molar-refractivity contribution in [2.75, 3.05) is 0 Å². The predicted octanol–water partition coefficient (Wildman–Crippen LogP) is 3.76. The second kappa shape index (κ2) is 5.50. The number of nitro benzene ring substituents is 1. The average Bonchev–Trinajstić information content (AvgIpc) is 2.41. The summed E-state index contributed by atoms with van der Waals surface area (Å²) in [7, 11) is 0. The molecule has 0 N–H and O–H groups in total. The van der Waals surface area contributed by atoms with Crippen LogP contribution in [0, 0.1) is 27.3 Å². The number of hydrogen-bond donors (Lipinski definition) is 0. The van der Waals surface area contributed by atoms with E-state index >= 15 is 0 Å². The van der Waals surface area contributed by atoms with Crippen LogP contribution in [-0.2, 0) is 0 Å². The molecule has 0 aliphatic carbocycles. The van der Waals surface area contributed by atoms with Gasteiger partial charge in [0.15, 0.2) is 0 Å². The highest BCUT2D eigenvalue weighted by molar-refractivity contribution is 7.99. The Balaban J connectivity index is 2.29. The van der Waals surface area contributed by atoms with Crippen LogP contribution < -0.4 is 0 Å². The van der Waals surface area contributed by atoms with Crippen molar-refractivity contribution in [3.63, 3.8) is 0 Å². The third kappa shape index (κ3) is 3.09. The molecular formula is C13H7FN2O2S. The summed E-state index contributed by atoms with van der Waals surface area (Å²) in [6, 6.07) is 12.0. The lowest BCUT2D eigenvalue weighted by Gasteiger charge is -2.02. The average molecular weight is 274 g/mol. The summed E-state index contributed by atoms with van der Waals surface area (Å²) < 4.78 is 12.8. The molecule has 0 spiro atoms. The van der Waals surface area contributed by atoms with Crippen molar-refractivity contribution in [2.45, 2.75) is 9.79 Å². The predicted molar refractivity (Wildman–Crippen MR) is 68.3 cm³/mol. The summed E-state index contributed by atoms with van der Waals surface area (Å²) in [4.78, 5) is 11.6. The molecule has 0 aromatic heterocycles. The first-order chi connectivity index (χ1) is 9.10. The Hall–Kier alpha value is -2.39. The molecule has 0 aliphatic heterocycles. The standard InChI is InChI=1S/C13H7FN2O2S/c14-10-1-3-11(4-2-10)19-12-5-6-13(16(17)18)9(7-12)8-15/h1-7H. The van der Waals surface area contributed by atoms with Gasteiger partial charge in [-0.1, -0.05) is 11.8 Å². The molecule has 0 radical (unpaired) electrons. The van der Waals surface area contributed by atoms with Crippen molar-refractivity contribution in [1.29, 1.82) is 5.26 Å². The maximum absolute atomic E-state index is 12.8. The fourth-order valence-corrected chi connectivity index (χ4v) is 2.32. The summed E-state index contributed by atoms with van der Waals surface area (Å²) in [5, 5.41) is 19.6. The molecule has 4 nitrogen and oxygen atoms in total. The molecule has 0 saturated carbocycles. The van der Waals surface area contributed by atoms with Crippen LogP contribution in [0.4, 0.5) is 10.1 Å². The molecule has 0 fully saturated rings. The smallest absolute Gasteiger partial charge is 0.258 e. The van der Waals surface area contributed by atoms with Crippen molar-refractivity contribution in [3.8, 4) is 6.07 Å². The van der Waals surface area contributed by atoms with Gasteiger partial charge in [0, 0.05) is 15.9 Å². The van der Waals surface area contributed by atoms with Crippen LogP contribution in [0.5, 0.6) is 0 Å².